The summed E-state index contributed by atoms with van der Waals surface area (Å²) < 4.78 is 9.92. The van der Waals surface area contributed by atoms with E-state index in [1.165, 1.54) is 24.1 Å². The summed E-state index contributed by atoms with van der Waals surface area (Å²) in [6.45, 7) is 5.23. The van der Waals surface area contributed by atoms with Gasteiger partial charge in [0.1, 0.15) is 11.6 Å². The summed E-state index contributed by atoms with van der Waals surface area (Å²) in [5.74, 6) is -0.906. The minimum absolute atomic E-state index is 0.0360. The van der Waals surface area contributed by atoms with Crippen LogP contribution in [0.5, 0.6) is 0 Å². The molecule has 1 aliphatic heterocycles. The van der Waals surface area contributed by atoms with Crippen LogP contribution in [0.2, 0.25) is 0 Å². The smallest absolute Gasteiger partial charge is 0.411 e. The third kappa shape index (κ3) is 4.95. The van der Waals surface area contributed by atoms with E-state index in [9.17, 15) is 19.5 Å². The van der Waals surface area contributed by atoms with E-state index < -0.39 is 35.7 Å². The van der Waals surface area contributed by atoms with Gasteiger partial charge in [-0.1, -0.05) is 0 Å². The van der Waals surface area contributed by atoms with E-state index in [1.54, 1.807) is 32.9 Å². The Labute approximate surface area is 152 Å². The second-order valence-electron chi connectivity index (χ2n) is 7.10. The Kier molecular flexibility index (Phi) is 5.86. The summed E-state index contributed by atoms with van der Waals surface area (Å²) in [4.78, 5) is 37.5. The van der Waals surface area contributed by atoms with Gasteiger partial charge in [-0.15, -0.1) is 0 Å². The lowest BCUT2D eigenvalue weighted by atomic mass is 10.1. The molecule has 1 aromatic rings. The normalized spacial score (nSPS) is 19.8. The number of hydrogen-bond acceptors (Lipinski definition) is 6. The molecular formula is C18H24N2O6. The second-order valence-corrected chi connectivity index (χ2v) is 7.10. The molecule has 0 saturated carbocycles. The summed E-state index contributed by atoms with van der Waals surface area (Å²) in [5.41, 5.74) is 0.125. The van der Waals surface area contributed by atoms with Crippen molar-refractivity contribution in [1.82, 2.24) is 4.90 Å². The van der Waals surface area contributed by atoms with E-state index in [0.717, 1.165) is 0 Å². The number of benzene rings is 1. The number of methoxy groups -OCH3 is 1. The fourth-order valence-electron chi connectivity index (χ4n) is 2.62. The molecule has 1 aromatic carbocycles. The molecule has 0 radical (unpaired) electrons. The Morgan fingerprint density at radius 1 is 1.19 bits per heavy atom. The van der Waals surface area contributed by atoms with Crippen LogP contribution in [-0.2, 0) is 14.3 Å². The molecule has 8 nitrogen and oxygen atoms in total. The highest BCUT2D eigenvalue weighted by Crippen LogP contribution is 2.23. The first-order chi connectivity index (χ1) is 12.1. The van der Waals surface area contributed by atoms with Crippen molar-refractivity contribution in [2.24, 2.45) is 0 Å². The minimum atomic E-state index is -0.833. The van der Waals surface area contributed by atoms with Crippen molar-refractivity contribution in [2.75, 3.05) is 19.0 Å². The van der Waals surface area contributed by atoms with Gasteiger partial charge in [-0.05, 0) is 45.0 Å². The van der Waals surface area contributed by atoms with Crippen LogP contribution < -0.4 is 5.32 Å². The third-order valence-corrected chi connectivity index (χ3v) is 3.78. The number of ether oxygens (including phenoxy) is 2. The number of aliphatic hydroxyl groups is 1. The van der Waals surface area contributed by atoms with Crippen LogP contribution in [0.4, 0.5) is 10.5 Å². The number of carbonyl (C=O) groups excluding carboxylic acids is 3. The predicted octanol–water partition coefficient (Wildman–Crippen LogP) is 1.78. The minimum Gasteiger partial charge on any atom is -0.465 e. The first kappa shape index (κ1) is 19.7. The highest BCUT2D eigenvalue weighted by Gasteiger charge is 2.40. The largest absolute Gasteiger partial charge is 0.465 e. The Morgan fingerprint density at radius 3 is 2.35 bits per heavy atom. The van der Waals surface area contributed by atoms with Gasteiger partial charge in [-0.25, -0.2) is 9.59 Å². The van der Waals surface area contributed by atoms with Crippen molar-refractivity contribution >= 4 is 23.7 Å². The van der Waals surface area contributed by atoms with Gasteiger partial charge in [0.2, 0.25) is 5.91 Å². The van der Waals surface area contributed by atoms with Gasteiger partial charge >= 0.3 is 12.1 Å². The van der Waals surface area contributed by atoms with E-state index in [-0.39, 0.29) is 13.0 Å². The summed E-state index contributed by atoms with van der Waals surface area (Å²) in [6.07, 6.45) is -1.30. The van der Waals surface area contributed by atoms with Crippen molar-refractivity contribution in [1.29, 1.82) is 0 Å². The van der Waals surface area contributed by atoms with Crippen LogP contribution in [0.15, 0.2) is 24.3 Å². The Hall–Kier alpha value is -2.61. The summed E-state index contributed by atoms with van der Waals surface area (Å²) in [5, 5.41) is 12.6. The fraction of sp³-hybridized carbons (Fsp3) is 0.500. The van der Waals surface area contributed by atoms with Crippen molar-refractivity contribution in [3.05, 3.63) is 29.8 Å². The molecule has 0 bridgehead atoms. The number of likely N-dealkylation sites (tertiary alicyclic amines) is 1. The topological polar surface area (TPSA) is 105 Å². The molecule has 0 aromatic heterocycles. The van der Waals surface area contributed by atoms with Crippen LogP contribution in [0.1, 0.15) is 37.6 Å². The van der Waals surface area contributed by atoms with Gasteiger partial charge < -0.3 is 19.9 Å². The highest BCUT2D eigenvalue weighted by atomic mass is 16.6. The van der Waals surface area contributed by atoms with E-state index in [1.807, 2.05) is 0 Å². The molecule has 1 saturated heterocycles. The number of rotatable bonds is 3. The van der Waals surface area contributed by atoms with Gasteiger partial charge in [0.15, 0.2) is 0 Å². The number of β-amino-alcohol motifs (C(OH)–C–C–N with tert-alkyl or cyclic N) is 1. The number of anilines is 1. The number of hydrogen-bond donors (Lipinski definition) is 2. The molecule has 2 amide bonds. The molecule has 8 heteroatoms. The fourth-order valence-corrected chi connectivity index (χ4v) is 2.62. The number of carbonyl (C=O) groups is 3. The number of aliphatic hydroxyl groups excluding tert-OH is 1. The molecule has 2 N–H and O–H groups in total. The Morgan fingerprint density at radius 2 is 1.81 bits per heavy atom. The maximum Gasteiger partial charge on any atom is 0.411 e. The number of nitrogens with zero attached hydrogens (tertiary/aromatic N) is 1. The first-order valence-electron chi connectivity index (χ1n) is 8.27. The Bertz CT molecular complexity index is 680. The summed E-state index contributed by atoms with van der Waals surface area (Å²) in [7, 11) is 1.29. The monoisotopic (exact) mass is 364 g/mol. The quantitative estimate of drug-likeness (QED) is 0.792. The zero-order valence-corrected chi connectivity index (χ0v) is 15.3. The average Bonchev–Trinajstić information content (AvgIpc) is 2.95. The van der Waals surface area contributed by atoms with E-state index in [4.69, 9.17) is 4.74 Å². The van der Waals surface area contributed by atoms with Crippen LogP contribution >= 0.6 is 0 Å². The van der Waals surface area contributed by atoms with E-state index in [2.05, 4.69) is 10.1 Å². The van der Waals surface area contributed by atoms with Crippen molar-refractivity contribution in [2.45, 2.75) is 44.9 Å². The molecule has 26 heavy (non-hydrogen) atoms. The van der Waals surface area contributed by atoms with Gasteiger partial charge in [0.05, 0.1) is 25.3 Å². The van der Waals surface area contributed by atoms with E-state index in [0.29, 0.717) is 11.3 Å². The molecule has 1 aliphatic rings. The summed E-state index contributed by atoms with van der Waals surface area (Å²) in [6, 6.07) is 5.34. The lowest BCUT2D eigenvalue weighted by Gasteiger charge is -2.27. The van der Waals surface area contributed by atoms with Gasteiger partial charge in [0.25, 0.3) is 0 Å². The summed E-state index contributed by atoms with van der Waals surface area (Å²) >= 11 is 0. The highest BCUT2D eigenvalue weighted by molar-refractivity contribution is 5.97. The third-order valence-electron chi connectivity index (χ3n) is 3.78. The molecular weight excluding hydrogens is 340 g/mol. The second kappa shape index (κ2) is 7.74. The lowest BCUT2D eigenvalue weighted by Crippen LogP contribution is -2.45. The van der Waals surface area contributed by atoms with E-state index >= 15 is 0 Å². The lowest BCUT2D eigenvalue weighted by molar-refractivity contribution is -0.120. The first-order valence-corrected chi connectivity index (χ1v) is 8.27. The molecule has 1 heterocycles. The van der Waals surface area contributed by atoms with Crippen LogP contribution in [-0.4, -0.2) is 59.4 Å². The predicted molar refractivity (Wildman–Crippen MR) is 93.8 cm³/mol. The molecule has 0 aliphatic carbocycles. The zero-order valence-electron chi connectivity index (χ0n) is 15.3. The molecule has 142 valence electrons. The Balaban J connectivity index is 2.06. The maximum absolute atomic E-state index is 12.6. The van der Waals surface area contributed by atoms with Gasteiger partial charge in [-0.2, -0.15) is 0 Å². The SMILES string of the molecule is COC(=O)c1ccc(NC(=O)C2CC(O)CN2C(=O)OC(C)(C)C)cc1. The molecule has 2 unspecified atom stereocenters. The van der Waals surface area contributed by atoms with Crippen molar-refractivity contribution < 1.29 is 29.0 Å². The number of esters is 1. The molecule has 2 rings (SSSR count). The van der Waals surface area contributed by atoms with Crippen molar-refractivity contribution in [3.63, 3.8) is 0 Å². The molecule has 2 atom stereocenters. The zero-order chi connectivity index (χ0) is 19.5. The van der Waals surface area contributed by atoms with Crippen molar-refractivity contribution in [3.8, 4) is 0 Å². The van der Waals surface area contributed by atoms with Gasteiger partial charge in [0, 0.05) is 12.1 Å². The standard InChI is InChI=1S/C18H24N2O6/c1-18(2,3)26-17(24)20-10-13(21)9-14(20)15(22)19-12-7-5-11(6-8-12)16(23)25-4/h5-8,13-14,21H,9-10H2,1-4H3,(H,19,22). The maximum atomic E-state index is 12.6. The molecule has 0 spiro atoms. The van der Waals surface area contributed by atoms with Gasteiger partial charge in [-0.3, -0.25) is 9.69 Å². The van der Waals surface area contributed by atoms with Crippen LogP contribution in [0.25, 0.3) is 0 Å². The van der Waals surface area contributed by atoms with Crippen LogP contribution in [0, 0.1) is 0 Å². The molecule has 1 fully saturated rings. The van der Waals surface area contributed by atoms with Crippen LogP contribution in [0.3, 0.4) is 0 Å². The average molecular weight is 364 g/mol. The number of nitrogens with one attached hydrogen (secondary N) is 1. The number of amides is 2.